The van der Waals surface area contributed by atoms with Crippen molar-refractivity contribution in [3.05, 3.63) is 52.6 Å². The van der Waals surface area contributed by atoms with Gasteiger partial charge in [-0.15, -0.1) is 0 Å². The molecular weight excluding hydrogens is 347 g/mol. The van der Waals surface area contributed by atoms with Crippen LogP contribution in [0.25, 0.3) is 0 Å². The molecule has 1 saturated heterocycles. The highest BCUT2D eigenvalue weighted by Crippen LogP contribution is 2.27. The van der Waals surface area contributed by atoms with Crippen molar-refractivity contribution in [2.45, 2.75) is 11.0 Å². The summed E-state index contributed by atoms with van der Waals surface area (Å²) in [5, 5.41) is 0.898. The Kier molecular flexibility index (Phi) is 4.27. The van der Waals surface area contributed by atoms with Crippen LogP contribution < -0.4 is 4.74 Å². The molecule has 0 N–H and O–H groups in total. The third-order valence-corrected chi connectivity index (χ3v) is 5.65. The van der Waals surface area contributed by atoms with E-state index in [1.807, 2.05) is 0 Å². The summed E-state index contributed by atoms with van der Waals surface area (Å²) in [5.74, 6) is 0.317. The van der Waals surface area contributed by atoms with Crippen molar-refractivity contribution in [3.8, 4) is 5.88 Å². The number of hydrogen-bond acceptors (Lipinski definition) is 4. The van der Waals surface area contributed by atoms with Gasteiger partial charge in [-0.25, -0.2) is 13.4 Å². The first-order chi connectivity index (χ1) is 10.5. The summed E-state index contributed by atoms with van der Waals surface area (Å²) >= 11 is 11.7. The predicted octanol–water partition coefficient (Wildman–Crippen LogP) is 2.84. The van der Waals surface area contributed by atoms with Crippen LogP contribution in [0.5, 0.6) is 5.88 Å². The molecule has 2 heterocycles. The molecule has 116 valence electrons. The van der Waals surface area contributed by atoms with Crippen LogP contribution in [0.1, 0.15) is 0 Å². The number of halogens is 2. The van der Waals surface area contributed by atoms with E-state index < -0.39 is 10.0 Å². The van der Waals surface area contributed by atoms with Crippen molar-refractivity contribution in [3.63, 3.8) is 0 Å². The van der Waals surface area contributed by atoms with Crippen LogP contribution in [-0.4, -0.2) is 36.9 Å². The highest BCUT2D eigenvalue weighted by atomic mass is 35.5. The van der Waals surface area contributed by atoms with Crippen molar-refractivity contribution in [2.75, 3.05) is 13.1 Å². The van der Waals surface area contributed by atoms with Crippen molar-refractivity contribution in [1.82, 2.24) is 9.29 Å². The Morgan fingerprint density at radius 2 is 1.82 bits per heavy atom. The van der Waals surface area contributed by atoms with E-state index in [0.29, 0.717) is 15.9 Å². The van der Waals surface area contributed by atoms with Gasteiger partial charge in [0.05, 0.1) is 18.0 Å². The molecule has 2 aromatic rings. The molecule has 1 aromatic carbocycles. The second-order valence-electron chi connectivity index (χ2n) is 4.81. The highest BCUT2D eigenvalue weighted by molar-refractivity contribution is 7.89. The fraction of sp³-hybridized carbons (Fsp3) is 0.214. The summed E-state index contributed by atoms with van der Waals surface area (Å²) in [5.41, 5.74) is 0. The molecule has 1 aliphatic rings. The van der Waals surface area contributed by atoms with E-state index in [9.17, 15) is 8.42 Å². The summed E-state index contributed by atoms with van der Waals surface area (Å²) in [6, 6.07) is 9.45. The number of aromatic nitrogens is 1. The molecule has 1 fully saturated rings. The maximum Gasteiger partial charge on any atom is 0.243 e. The Bertz CT molecular complexity index is 775. The van der Waals surface area contributed by atoms with Crippen LogP contribution in [0.15, 0.2) is 47.5 Å². The quantitative estimate of drug-likeness (QED) is 0.842. The van der Waals surface area contributed by atoms with Crippen LogP contribution in [0.2, 0.25) is 10.0 Å². The van der Waals surface area contributed by atoms with E-state index in [-0.39, 0.29) is 24.1 Å². The Hall–Kier alpha value is -1.34. The van der Waals surface area contributed by atoms with Gasteiger partial charge in [0.25, 0.3) is 0 Å². The summed E-state index contributed by atoms with van der Waals surface area (Å²) in [6.07, 6.45) is 1.32. The van der Waals surface area contributed by atoms with Crippen LogP contribution in [0, 0.1) is 0 Å². The predicted molar refractivity (Wildman–Crippen MR) is 83.9 cm³/mol. The number of pyridine rings is 1. The number of benzene rings is 1. The summed E-state index contributed by atoms with van der Waals surface area (Å²) < 4.78 is 31.7. The minimum Gasteiger partial charge on any atom is -0.470 e. The lowest BCUT2D eigenvalue weighted by Crippen LogP contribution is -2.56. The van der Waals surface area contributed by atoms with E-state index in [1.54, 1.807) is 30.5 Å². The average molecular weight is 359 g/mol. The van der Waals surface area contributed by atoms with E-state index >= 15 is 0 Å². The van der Waals surface area contributed by atoms with Gasteiger partial charge in [0, 0.05) is 11.2 Å². The summed E-state index contributed by atoms with van der Waals surface area (Å²) in [4.78, 5) is 4.23. The zero-order chi connectivity index (χ0) is 15.7. The van der Waals surface area contributed by atoms with Gasteiger partial charge in [0.15, 0.2) is 0 Å². The fourth-order valence-electron chi connectivity index (χ4n) is 2.04. The maximum atomic E-state index is 12.4. The minimum absolute atomic E-state index is 0.214. The van der Waals surface area contributed by atoms with Crippen molar-refractivity contribution in [1.29, 1.82) is 0 Å². The third-order valence-electron chi connectivity index (χ3n) is 3.27. The molecule has 1 aliphatic heterocycles. The Balaban J connectivity index is 1.65. The van der Waals surface area contributed by atoms with E-state index in [4.69, 9.17) is 27.9 Å². The van der Waals surface area contributed by atoms with Gasteiger partial charge in [-0.3, -0.25) is 0 Å². The molecular formula is C14H12Cl2N2O3S. The number of hydrogen-bond donors (Lipinski definition) is 0. The van der Waals surface area contributed by atoms with Crippen molar-refractivity contribution >= 4 is 33.2 Å². The molecule has 0 saturated carbocycles. The van der Waals surface area contributed by atoms with Crippen LogP contribution in [0.4, 0.5) is 0 Å². The van der Waals surface area contributed by atoms with E-state index in [0.717, 1.165) is 0 Å². The molecule has 0 spiro atoms. The average Bonchev–Trinajstić information content (AvgIpc) is 2.44. The molecule has 0 aliphatic carbocycles. The van der Waals surface area contributed by atoms with Crippen LogP contribution in [-0.2, 0) is 10.0 Å². The van der Waals surface area contributed by atoms with Crippen LogP contribution >= 0.6 is 23.2 Å². The van der Waals surface area contributed by atoms with E-state index in [2.05, 4.69) is 4.98 Å². The molecule has 22 heavy (non-hydrogen) atoms. The van der Waals surface area contributed by atoms with Crippen LogP contribution in [0.3, 0.4) is 0 Å². The Morgan fingerprint density at radius 3 is 2.45 bits per heavy atom. The lowest BCUT2D eigenvalue weighted by Gasteiger charge is -2.37. The van der Waals surface area contributed by atoms with Gasteiger partial charge in [-0.1, -0.05) is 23.2 Å². The first kappa shape index (κ1) is 15.6. The largest absolute Gasteiger partial charge is 0.470 e. The Morgan fingerprint density at radius 1 is 1.14 bits per heavy atom. The zero-order valence-electron chi connectivity index (χ0n) is 11.3. The Labute approximate surface area is 138 Å². The molecule has 0 radical (unpaired) electrons. The van der Waals surface area contributed by atoms with Gasteiger partial charge >= 0.3 is 0 Å². The van der Waals surface area contributed by atoms with Gasteiger partial charge in [0.1, 0.15) is 11.1 Å². The number of rotatable bonds is 4. The normalized spacial score (nSPS) is 16.3. The lowest BCUT2D eigenvalue weighted by atomic mass is 10.2. The second-order valence-corrected chi connectivity index (χ2v) is 7.59. The standard InChI is InChI=1S/C14H12Cl2N2O3S/c15-10-3-5-12(6-4-10)22(19,20)18-8-11(9-18)21-14-13(16)2-1-7-17-14/h1-7,11H,8-9H2. The zero-order valence-corrected chi connectivity index (χ0v) is 13.6. The van der Waals surface area contributed by atoms with Gasteiger partial charge in [-0.05, 0) is 36.4 Å². The van der Waals surface area contributed by atoms with Gasteiger partial charge in [-0.2, -0.15) is 4.31 Å². The molecule has 5 nitrogen and oxygen atoms in total. The third kappa shape index (κ3) is 3.05. The first-order valence-corrected chi connectivity index (χ1v) is 8.69. The minimum atomic E-state index is -3.51. The van der Waals surface area contributed by atoms with Gasteiger partial charge in [0.2, 0.25) is 15.9 Å². The number of ether oxygens (including phenoxy) is 1. The molecule has 0 bridgehead atoms. The monoisotopic (exact) mass is 358 g/mol. The fourth-order valence-corrected chi connectivity index (χ4v) is 3.84. The summed E-state index contributed by atoms with van der Waals surface area (Å²) in [7, 11) is -3.51. The SMILES string of the molecule is O=S(=O)(c1ccc(Cl)cc1)N1CC(Oc2ncccc2Cl)C1. The molecule has 3 rings (SSSR count). The highest BCUT2D eigenvalue weighted by Gasteiger charge is 2.38. The summed E-state index contributed by atoms with van der Waals surface area (Å²) in [6.45, 7) is 0.524. The van der Waals surface area contributed by atoms with Crippen molar-refractivity contribution in [2.24, 2.45) is 0 Å². The molecule has 0 unspecified atom stereocenters. The smallest absolute Gasteiger partial charge is 0.243 e. The molecule has 0 atom stereocenters. The topological polar surface area (TPSA) is 59.5 Å². The first-order valence-electron chi connectivity index (χ1n) is 6.50. The van der Waals surface area contributed by atoms with Crippen molar-refractivity contribution < 1.29 is 13.2 Å². The second kappa shape index (κ2) is 6.04. The number of sulfonamides is 1. The molecule has 1 aromatic heterocycles. The maximum absolute atomic E-state index is 12.4. The molecule has 0 amide bonds. The lowest BCUT2D eigenvalue weighted by molar-refractivity contribution is 0.0722. The number of nitrogens with zero attached hydrogens (tertiary/aromatic N) is 2. The molecule has 8 heteroatoms. The van der Waals surface area contributed by atoms with Gasteiger partial charge < -0.3 is 4.74 Å². The van der Waals surface area contributed by atoms with E-state index in [1.165, 1.54) is 16.4 Å².